The van der Waals surface area contributed by atoms with Gasteiger partial charge in [0.2, 0.25) is 5.78 Å². The summed E-state index contributed by atoms with van der Waals surface area (Å²) >= 11 is 0. The number of hydrogen-bond donors (Lipinski definition) is 0. The molecule has 0 bridgehead atoms. The molecule has 0 radical (unpaired) electrons. The first kappa shape index (κ1) is 20.9. The van der Waals surface area contributed by atoms with E-state index in [1.807, 2.05) is 6.92 Å². The second-order valence-electron chi connectivity index (χ2n) is 5.74. The van der Waals surface area contributed by atoms with Crippen LogP contribution >= 0.6 is 0 Å². The lowest BCUT2D eigenvalue weighted by Gasteiger charge is -2.13. The van der Waals surface area contributed by atoms with Crippen molar-refractivity contribution in [3.8, 4) is 11.5 Å². The molecule has 2 rings (SSSR count). The molecule has 8 heteroatoms. The molecule has 0 N–H and O–H groups in total. The normalized spacial score (nSPS) is 11.4. The number of Topliss-reactive ketones (excluding diaryl/α,β-unsaturated/α-hetero) is 1. The Hall–Kier alpha value is -3.42. The van der Waals surface area contributed by atoms with Crippen molar-refractivity contribution in [1.82, 2.24) is 0 Å². The number of nitro groups is 1. The van der Waals surface area contributed by atoms with Crippen LogP contribution in [0.4, 0.5) is 5.69 Å². The molecule has 0 aliphatic heterocycles. The number of rotatable bonds is 9. The zero-order valence-corrected chi connectivity index (χ0v) is 15.8. The van der Waals surface area contributed by atoms with E-state index in [9.17, 15) is 19.7 Å². The van der Waals surface area contributed by atoms with E-state index in [2.05, 4.69) is 0 Å². The number of benzene rings is 2. The van der Waals surface area contributed by atoms with Crippen LogP contribution in [0.25, 0.3) is 0 Å². The van der Waals surface area contributed by atoms with Crippen molar-refractivity contribution in [3.05, 3.63) is 63.7 Å². The highest BCUT2D eigenvalue weighted by Crippen LogP contribution is 2.28. The molecule has 148 valence electrons. The highest BCUT2D eigenvalue weighted by atomic mass is 16.6. The fraction of sp³-hybridized carbons (Fsp3) is 0.300. The molecule has 0 saturated heterocycles. The number of nitro benzene ring substituents is 1. The Kier molecular flexibility index (Phi) is 7.08. The lowest BCUT2D eigenvalue weighted by molar-refractivity contribution is -0.385. The molecule has 28 heavy (non-hydrogen) atoms. The highest BCUT2D eigenvalue weighted by molar-refractivity contribution is 6.01. The zero-order valence-electron chi connectivity index (χ0n) is 15.8. The fourth-order valence-corrected chi connectivity index (χ4v) is 2.46. The summed E-state index contributed by atoms with van der Waals surface area (Å²) in [7, 11) is 0. The average Bonchev–Trinajstić information content (AvgIpc) is 2.68. The smallest absolute Gasteiger partial charge is 0.339 e. The van der Waals surface area contributed by atoms with Gasteiger partial charge in [0.25, 0.3) is 0 Å². The summed E-state index contributed by atoms with van der Waals surface area (Å²) < 4.78 is 15.7. The van der Waals surface area contributed by atoms with Crippen LogP contribution in [0.3, 0.4) is 0 Å². The van der Waals surface area contributed by atoms with E-state index in [0.717, 1.165) is 6.07 Å². The minimum absolute atomic E-state index is 0.0403. The van der Waals surface area contributed by atoms with Gasteiger partial charge in [0.05, 0.1) is 23.7 Å². The second-order valence-corrected chi connectivity index (χ2v) is 5.74. The summed E-state index contributed by atoms with van der Waals surface area (Å²) in [6.45, 7) is 5.75. The molecule has 0 unspecified atom stereocenters. The molecule has 0 saturated carbocycles. The maximum absolute atomic E-state index is 12.4. The maximum Gasteiger partial charge on any atom is 0.339 e. The first-order valence-corrected chi connectivity index (χ1v) is 8.76. The lowest BCUT2D eigenvalue weighted by atomic mass is 10.1. The summed E-state index contributed by atoms with van der Waals surface area (Å²) in [5.41, 5.74) is -0.0234. The van der Waals surface area contributed by atoms with Crippen molar-refractivity contribution in [2.75, 3.05) is 13.2 Å². The number of hydrogen-bond acceptors (Lipinski definition) is 7. The Balaban J connectivity index is 2.11. The summed E-state index contributed by atoms with van der Waals surface area (Å²) in [6.07, 6.45) is -1.06. The van der Waals surface area contributed by atoms with Crippen LogP contribution in [0.5, 0.6) is 11.5 Å². The standard InChI is InChI=1S/C20H21NO7/c1-4-26-16-9-6-14(7-10-16)19(22)13(3)28-20(23)15-8-11-18(27-5-2)17(12-15)21(24)25/h6-13H,4-5H2,1-3H3/t13-/m1/s1. The highest BCUT2D eigenvalue weighted by Gasteiger charge is 2.23. The predicted molar refractivity (Wildman–Crippen MR) is 101 cm³/mol. The first-order chi connectivity index (χ1) is 13.4. The summed E-state index contributed by atoms with van der Waals surface area (Å²) in [6, 6.07) is 10.2. The molecular weight excluding hydrogens is 366 g/mol. The second kappa shape index (κ2) is 9.50. The number of ketones is 1. The molecule has 2 aromatic rings. The first-order valence-electron chi connectivity index (χ1n) is 8.76. The van der Waals surface area contributed by atoms with Crippen LogP contribution in [0.1, 0.15) is 41.5 Å². The largest absolute Gasteiger partial charge is 0.494 e. The third-order valence-electron chi connectivity index (χ3n) is 3.79. The summed E-state index contributed by atoms with van der Waals surface area (Å²) in [5.74, 6) is -0.539. The Labute approximate surface area is 162 Å². The minimum atomic E-state index is -1.06. The number of carbonyl (C=O) groups excluding carboxylic acids is 2. The molecule has 0 aliphatic carbocycles. The summed E-state index contributed by atoms with van der Waals surface area (Å²) in [4.78, 5) is 35.3. The van der Waals surface area contributed by atoms with Crippen LogP contribution in [-0.4, -0.2) is 36.0 Å². The van der Waals surface area contributed by atoms with Crippen molar-refractivity contribution >= 4 is 17.4 Å². The van der Waals surface area contributed by atoms with Gasteiger partial charge >= 0.3 is 11.7 Å². The van der Waals surface area contributed by atoms with Gasteiger partial charge in [0.1, 0.15) is 5.75 Å². The Morgan fingerprint density at radius 1 is 1.00 bits per heavy atom. The third kappa shape index (κ3) is 5.06. The minimum Gasteiger partial charge on any atom is -0.494 e. The van der Waals surface area contributed by atoms with Crippen molar-refractivity contribution in [1.29, 1.82) is 0 Å². The van der Waals surface area contributed by atoms with Crippen LogP contribution < -0.4 is 9.47 Å². The fourth-order valence-electron chi connectivity index (χ4n) is 2.46. The molecule has 8 nitrogen and oxygen atoms in total. The third-order valence-corrected chi connectivity index (χ3v) is 3.79. The van der Waals surface area contributed by atoms with Gasteiger partial charge < -0.3 is 14.2 Å². The Morgan fingerprint density at radius 2 is 1.61 bits per heavy atom. The van der Waals surface area contributed by atoms with Crippen LogP contribution in [-0.2, 0) is 4.74 Å². The van der Waals surface area contributed by atoms with Gasteiger partial charge in [-0.15, -0.1) is 0 Å². The van der Waals surface area contributed by atoms with E-state index >= 15 is 0 Å². The predicted octanol–water partition coefficient (Wildman–Crippen LogP) is 3.82. The molecule has 1 atom stereocenters. The topological polar surface area (TPSA) is 105 Å². The molecule has 0 fully saturated rings. The van der Waals surface area contributed by atoms with Crippen molar-refractivity contribution in [3.63, 3.8) is 0 Å². The van der Waals surface area contributed by atoms with Crippen molar-refractivity contribution < 1.29 is 28.7 Å². The van der Waals surface area contributed by atoms with Gasteiger partial charge in [-0.1, -0.05) is 0 Å². The number of nitrogens with zero attached hydrogens (tertiary/aromatic N) is 1. The molecule has 0 aromatic heterocycles. The van der Waals surface area contributed by atoms with Crippen LogP contribution in [0.2, 0.25) is 0 Å². The van der Waals surface area contributed by atoms with Gasteiger partial charge in [-0.3, -0.25) is 14.9 Å². The van der Waals surface area contributed by atoms with E-state index in [-0.39, 0.29) is 23.6 Å². The van der Waals surface area contributed by atoms with Crippen molar-refractivity contribution in [2.24, 2.45) is 0 Å². The van der Waals surface area contributed by atoms with Crippen LogP contribution in [0, 0.1) is 10.1 Å². The maximum atomic E-state index is 12.4. The van der Waals surface area contributed by atoms with Gasteiger partial charge in [0, 0.05) is 11.6 Å². The monoisotopic (exact) mass is 387 g/mol. The van der Waals surface area contributed by atoms with Gasteiger partial charge in [-0.25, -0.2) is 4.79 Å². The number of ether oxygens (including phenoxy) is 3. The van der Waals surface area contributed by atoms with Crippen molar-refractivity contribution in [2.45, 2.75) is 26.9 Å². The molecule has 0 aliphatic rings. The van der Waals surface area contributed by atoms with E-state index in [1.165, 1.54) is 19.1 Å². The number of carbonyl (C=O) groups is 2. The molecule has 2 aromatic carbocycles. The van der Waals surface area contributed by atoms with E-state index in [0.29, 0.717) is 17.9 Å². The van der Waals surface area contributed by atoms with Gasteiger partial charge in [0.15, 0.2) is 11.9 Å². The van der Waals surface area contributed by atoms with Gasteiger partial charge in [-0.2, -0.15) is 0 Å². The zero-order chi connectivity index (χ0) is 20.7. The quantitative estimate of drug-likeness (QED) is 0.279. The van der Waals surface area contributed by atoms with E-state index in [1.54, 1.807) is 31.2 Å². The molecule has 0 amide bonds. The summed E-state index contributed by atoms with van der Waals surface area (Å²) in [5, 5.41) is 11.2. The Morgan fingerprint density at radius 3 is 2.18 bits per heavy atom. The van der Waals surface area contributed by atoms with E-state index < -0.39 is 22.8 Å². The SMILES string of the molecule is CCOc1ccc(C(=O)[C@@H](C)OC(=O)c2ccc(OCC)c([N+](=O)[O-])c2)cc1. The lowest BCUT2D eigenvalue weighted by Crippen LogP contribution is -2.24. The van der Waals surface area contributed by atoms with E-state index in [4.69, 9.17) is 14.2 Å². The molecular formula is C20H21NO7. The average molecular weight is 387 g/mol. The Bertz CT molecular complexity index is 861. The number of esters is 1. The van der Waals surface area contributed by atoms with Gasteiger partial charge in [-0.05, 0) is 57.2 Å². The van der Waals surface area contributed by atoms with Crippen LogP contribution in [0.15, 0.2) is 42.5 Å². The molecule has 0 spiro atoms. The molecule has 0 heterocycles.